The summed E-state index contributed by atoms with van der Waals surface area (Å²) >= 11 is 3.33. The lowest BCUT2D eigenvalue weighted by Gasteiger charge is -2.08. The third-order valence-electron chi connectivity index (χ3n) is 1.74. The Labute approximate surface area is 86.1 Å². The fraction of sp³-hybridized carbons (Fsp3) is 0.375. The van der Waals surface area contributed by atoms with Crippen LogP contribution in [0.25, 0.3) is 0 Å². The molecular weight excluding hydrogens is 233 g/mol. The van der Waals surface area contributed by atoms with Crippen molar-refractivity contribution >= 4 is 28.5 Å². The number of pyridine rings is 1. The second-order valence-corrected chi connectivity index (χ2v) is 4.02. The molecule has 0 aromatic carbocycles. The molecule has 0 radical (unpaired) electrons. The Morgan fingerprint density at radius 2 is 2.08 bits per heavy atom. The van der Waals surface area contributed by atoms with Gasteiger partial charge in [0.05, 0.1) is 5.69 Å². The summed E-state index contributed by atoms with van der Waals surface area (Å²) in [4.78, 5) is 4.13. The van der Waals surface area contributed by atoms with E-state index in [0.29, 0.717) is 11.4 Å². The number of hydrogen-bond donors (Lipinski definition) is 2. The van der Waals surface area contributed by atoms with E-state index in [9.17, 15) is 0 Å². The summed E-state index contributed by atoms with van der Waals surface area (Å²) in [7, 11) is -1.45. The third-order valence-corrected chi connectivity index (χ3v) is 2.37. The van der Waals surface area contributed by atoms with E-state index in [0.717, 1.165) is 10.2 Å². The molecule has 0 saturated heterocycles. The van der Waals surface area contributed by atoms with Gasteiger partial charge in [-0.1, -0.05) is 13.8 Å². The summed E-state index contributed by atoms with van der Waals surface area (Å²) in [5.74, 6) is 0.319. The van der Waals surface area contributed by atoms with Crippen LogP contribution in [0.15, 0.2) is 16.7 Å². The first kappa shape index (κ1) is 10.7. The van der Waals surface area contributed by atoms with E-state index in [4.69, 9.17) is 10.0 Å². The summed E-state index contributed by atoms with van der Waals surface area (Å²) in [6.07, 6.45) is 1.48. The van der Waals surface area contributed by atoms with E-state index in [1.165, 1.54) is 6.20 Å². The van der Waals surface area contributed by atoms with Gasteiger partial charge in [0, 0.05) is 16.1 Å². The monoisotopic (exact) mass is 243 g/mol. The first-order valence-corrected chi connectivity index (χ1v) is 4.83. The quantitative estimate of drug-likeness (QED) is 0.750. The van der Waals surface area contributed by atoms with Crippen molar-refractivity contribution in [2.45, 2.75) is 19.8 Å². The lowest BCUT2D eigenvalue weighted by atomic mass is 9.81. The second-order valence-electron chi connectivity index (χ2n) is 3.16. The van der Waals surface area contributed by atoms with Crippen LogP contribution in [0.3, 0.4) is 0 Å². The molecular formula is C8H11BBrNO2. The number of halogens is 1. The highest BCUT2D eigenvalue weighted by Gasteiger charge is 2.14. The van der Waals surface area contributed by atoms with Crippen LogP contribution in [0, 0.1) is 0 Å². The van der Waals surface area contributed by atoms with E-state index in [-0.39, 0.29) is 0 Å². The van der Waals surface area contributed by atoms with Crippen molar-refractivity contribution in [2.24, 2.45) is 0 Å². The Morgan fingerprint density at radius 3 is 2.46 bits per heavy atom. The molecule has 2 N–H and O–H groups in total. The largest absolute Gasteiger partial charge is 0.490 e. The maximum Gasteiger partial charge on any atom is 0.490 e. The molecule has 0 atom stereocenters. The Hall–Kier alpha value is -0.385. The molecule has 1 aromatic heterocycles. The number of hydrogen-bond acceptors (Lipinski definition) is 3. The second kappa shape index (κ2) is 4.22. The summed E-state index contributed by atoms with van der Waals surface area (Å²) in [6.45, 7) is 4.06. The Morgan fingerprint density at radius 1 is 1.46 bits per heavy atom. The third kappa shape index (κ3) is 2.53. The van der Waals surface area contributed by atoms with Gasteiger partial charge in [-0.25, -0.2) is 0 Å². The van der Waals surface area contributed by atoms with Crippen molar-refractivity contribution in [3.63, 3.8) is 0 Å². The molecule has 1 aromatic rings. The predicted molar refractivity (Wildman–Crippen MR) is 55.9 cm³/mol. The molecule has 3 nitrogen and oxygen atoms in total. The molecule has 0 unspecified atom stereocenters. The zero-order valence-corrected chi connectivity index (χ0v) is 9.12. The fourth-order valence-corrected chi connectivity index (χ4v) is 1.85. The molecule has 70 valence electrons. The van der Waals surface area contributed by atoms with Gasteiger partial charge in [0.2, 0.25) is 0 Å². The standard InChI is InChI=1S/C8H11BBrNO2/c1-5(2)8-7(10)3-6(4-11-8)9(12)13/h3-5,12-13H,1-2H3. The molecule has 5 heteroatoms. The Bertz CT molecular complexity index is 304. The minimum atomic E-state index is -1.45. The first-order valence-electron chi connectivity index (χ1n) is 4.04. The highest BCUT2D eigenvalue weighted by Crippen LogP contribution is 2.20. The molecule has 0 saturated carbocycles. The summed E-state index contributed by atoms with van der Waals surface area (Å²) in [6, 6.07) is 1.67. The van der Waals surface area contributed by atoms with Gasteiger partial charge in [0.1, 0.15) is 0 Å². The predicted octanol–water partition coefficient (Wildman–Crippen LogP) is 0.647. The van der Waals surface area contributed by atoms with Gasteiger partial charge in [-0.2, -0.15) is 0 Å². The zero-order chi connectivity index (χ0) is 10.0. The van der Waals surface area contributed by atoms with Crippen LogP contribution in [-0.4, -0.2) is 22.2 Å². The van der Waals surface area contributed by atoms with Crippen molar-refractivity contribution in [2.75, 3.05) is 0 Å². The van der Waals surface area contributed by atoms with Gasteiger partial charge in [-0.05, 0) is 27.9 Å². The van der Waals surface area contributed by atoms with Gasteiger partial charge in [-0.3, -0.25) is 4.98 Å². The maximum atomic E-state index is 8.87. The van der Waals surface area contributed by atoms with Crippen molar-refractivity contribution in [1.82, 2.24) is 4.98 Å². The van der Waals surface area contributed by atoms with Gasteiger partial charge in [-0.15, -0.1) is 0 Å². The highest BCUT2D eigenvalue weighted by atomic mass is 79.9. The smallest absolute Gasteiger partial charge is 0.423 e. The van der Waals surface area contributed by atoms with E-state index in [2.05, 4.69) is 20.9 Å². The fourth-order valence-electron chi connectivity index (χ4n) is 1.03. The van der Waals surface area contributed by atoms with Crippen LogP contribution in [0.5, 0.6) is 0 Å². The lowest BCUT2D eigenvalue weighted by molar-refractivity contribution is 0.425. The number of aromatic nitrogens is 1. The average molecular weight is 244 g/mol. The number of rotatable bonds is 2. The molecule has 0 spiro atoms. The van der Waals surface area contributed by atoms with Crippen LogP contribution in [0.4, 0.5) is 0 Å². The Kier molecular flexibility index (Phi) is 3.47. The topological polar surface area (TPSA) is 53.4 Å². The molecule has 0 amide bonds. The Balaban J connectivity index is 3.06. The van der Waals surface area contributed by atoms with E-state index in [1.54, 1.807) is 6.07 Å². The number of nitrogens with zero attached hydrogens (tertiary/aromatic N) is 1. The SMILES string of the molecule is CC(C)c1ncc(B(O)O)cc1Br. The molecule has 0 aliphatic heterocycles. The van der Waals surface area contributed by atoms with Crippen LogP contribution in [0.2, 0.25) is 0 Å². The summed E-state index contributed by atoms with van der Waals surface area (Å²) in [5, 5.41) is 17.7. The molecule has 1 rings (SSSR count). The van der Waals surface area contributed by atoms with Gasteiger partial charge in [0.15, 0.2) is 0 Å². The van der Waals surface area contributed by atoms with Crippen LogP contribution in [-0.2, 0) is 0 Å². The minimum Gasteiger partial charge on any atom is -0.423 e. The molecule has 1 heterocycles. The summed E-state index contributed by atoms with van der Waals surface area (Å²) in [5.41, 5.74) is 1.32. The van der Waals surface area contributed by atoms with Gasteiger partial charge in [0.25, 0.3) is 0 Å². The normalized spacial score (nSPS) is 10.6. The van der Waals surface area contributed by atoms with Crippen molar-refractivity contribution in [3.8, 4) is 0 Å². The maximum absolute atomic E-state index is 8.87. The van der Waals surface area contributed by atoms with Crippen LogP contribution in [0.1, 0.15) is 25.5 Å². The van der Waals surface area contributed by atoms with E-state index < -0.39 is 7.12 Å². The summed E-state index contributed by atoms with van der Waals surface area (Å²) < 4.78 is 0.813. The van der Waals surface area contributed by atoms with Crippen LogP contribution < -0.4 is 5.46 Å². The van der Waals surface area contributed by atoms with Crippen molar-refractivity contribution < 1.29 is 10.0 Å². The average Bonchev–Trinajstić information content (AvgIpc) is 2.03. The molecule has 0 aliphatic carbocycles. The first-order chi connectivity index (χ1) is 6.02. The van der Waals surface area contributed by atoms with Crippen LogP contribution >= 0.6 is 15.9 Å². The van der Waals surface area contributed by atoms with Gasteiger partial charge >= 0.3 is 7.12 Å². The van der Waals surface area contributed by atoms with E-state index >= 15 is 0 Å². The van der Waals surface area contributed by atoms with Crippen molar-refractivity contribution in [3.05, 3.63) is 22.4 Å². The highest BCUT2D eigenvalue weighted by molar-refractivity contribution is 9.10. The minimum absolute atomic E-state index is 0.319. The van der Waals surface area contributed by atoms with E-state index in [1.807, 2.05) is 13.8 Å². The molecule has 13 heavy (non-hydrogen) atoms. The molecule has 0 bridgehead atoms. The lowest BCUT2D eigenvalue weighted by Crippen LogP contribution is -2.30. The zero-order valence-electron chi connectivity index (χ0n) is 7.53. The molecule has 0 aliphatic rings. The van der Waals surface area contributed by atoms with Crippen molar-refractivity contribution in [1.29, 1.82) is 0 Å². The molecule has 0 fully saturated rings. The van der Waals surface area contributed by atoms with Gasteiger partial charge < -0.3 is 10.0 Å².